The highest BCUT2D eigenvalue weighted by Gasteiger charge is 2.15. The highest BCUT2D eigenvalue weighted by molar-refractivity contribution is 7.91. The molecule has 11 heavy (non-hydrogen) atoms. The molecule has 0 N–H and O–H groups in total. The van der Waals surface area contributed by atoms with Gasteiger partial charge in [-0.15, -0.1) is 5.10 Å². The van der Waals surface area contributed by atoms with E-state index < -0.39 is 9.84 Å². The van der Waals surface area contributed by atoms with Crippen molar-refractivity contribution in [3.8, 4) is 0 Å². The minimum Gasteiger partial charge on any atom is -0.255 e. The van der Waals surface area contributed by atoms with Gasteiger partial charge in [-0.3, -0.25) is 4.68 Å². The van der Waals surface area contributed by atoms with E-state index in [1.807, 2.05) is 0 Å². The molecule has 0 aliphatic rings. The van der Waals surface area contributed by atoms with Crippen LogP contribution in [-0.4, -0.2) is 28.9 Å². The first-order valence-electron chi connectivity index (χ1n) is 3.14. The predicted molar refractivity (Wildman–Crippen MR) is 38.7 cm³/mol. The summed E-state index contributed by atoms with van der Waals surface area (Å²) in [5.74, 6) is 0.0387. The van der Waals surface area contributed by atoms with Crippen LogP contribution in [0.1, 0.15) is 6.92 Å². The predicted octanol–water partition coefficient (Wildman–Crippen LogP) is -0.391. The van der Waals surface area contributed by atoms with Crippen LogP contribution in [0.5, 0.6) is 0 Å². The average Bonchev–Trinajstić information content (AvgIpc) is 2.36. The van der Waals surface area contributed by atoms with Crippen molar-refractivity contribution in [1.29, 1.82) is 0 Å². The lowest BCUT2D eigenvalue weighted by Gasteiger charge is -1.90. The van der Waals surface area contributed by atoms with Gasteiger partial charge < -0.3 is 0 Å². The fraction of sp³-hybridized carbons (Fsp3) is 0.600. The number of aromatic nitrogens is 3. The van der Waals surface area contributed by atoms with Gasteiger partial charge in [-0.25, -0.2) is 13.4 Å². The van der Waals surface area contributed by atoms with Crippen LogP contribution >= 0.6 is 0 Å². The molecule has 5 nitrogen and oxygen atoms in total. The summed E-state index contributed by atoms with van der Waals surface area (Å²) in [6, 6.07) is 0. The molecule has 0 fully saturated rings. The van der Waals surface area contributed by atoms with Gasteiger partial charge in [0.15, 0.2) is 0 Å². The number of hydrogen-bond donors (Lipinski definition) is 0. The number of sulfone groups is 1. The van der Waals surface area contributed by atoms with Gasteiger partial charge in [-0.05, 0) is 0 Å². The summed E-state index contributed by atoms with van der Waals surface area (Å²) in [4.78, 5) is 3.62. The molecule has 0 saturated carbocycles. The zero-order valence-corrected chi connectivity index (χ0v) is 7.17. The van der Waals surface area contributed by atoms with Crippen molar-refractivity contribution in [3.05, 3.63) is 6.33 Å². The third-order valence-corrected chi connectivity index (χ3v) is 2.74. The van der Waals surface area contributed by atoms with Crippen LogP contribution in [0, 0.1) is 0 Å². The van der Waals surface area contributed by atoms with Gasteiger partial charge in [-0.1, -0.05) is 6.92 Å². The third kappa shape index (κ3) is 1.56. The summed E-state index contributed by atoms with van der Waals surface area (Å²) in [7, 11) is -1.59. The van der Waals surface area contributed by atoms with E-state index in [1.165, 1.54) is 11.0 Å². The van der Waals surface area contributed by atoms with Gasteiger partial charge in [0.1, 0.15) is 6.33 Å². The average molecular weight is 175 g/mol. The minimum absolute atomic E-state index is 0.0387. The summed E-state index contributed by atoms with van der Waals surface area (Å²) < 4.78 is 23.5. The fourth-order valence-corrected chi connectivity index (χ4v) is 1.31. The molecular formula is C5H9N3O2S. The molecule has 0 aromatic carbocycles. The summed E-state index contributed by atoms with van der Waals surface area (Å²) in [6.07, 6.45) is 1.36. The van der Waals surface area contributed by atoms with Crippen LogP contribution in [0.2, 0.25) is 0 Å². The summed E-state index contributed by atoms with van der Waals surface area (Å²) in [6.45, 7) is 1.56. The van der Waals surface area contributed by atoms with Crippen LogP contribution in [0.15, 0.2) is 11.5 Å². The molecule has 0 atom stereocenters. The summed E-state index contributed by atoms with van der Waals surface area (Å²) in [5.41, 5.74) is 0. The van der Waals surface area contributed by atoms with E-state index in [1.54, 1.807) is 14.0 Å². The Morgan fingerprint density at radius 2 is 2.27 bits per heavy atom. The van der Waals surface area contributed by atoms with Crippen molar-refractivity contribution in [2.75, 3.05) is 5.75 Å². The lowest BCUT2D eigenvalue weighted by atomic mass is 11.0. The van der Waals surface area contributed by atoms with Crippen LogP contribution in [0.4, 0.5) is 0 Å². The van der Waals surface area contributed by atoms with Crippen LogP contribution in [-0.2, 0) is 16.9 Å². The Hall–Kier alpha value is -0.910. The Bertz CT molecular complexity index is 340. The quantitative estimate of drug-likeness (QED) is 0.614. The Morgan fingerprint density at radius 1 is 1.64 bits per heavy atom. The van der Waals surface area contributed by atoms with Crippen LogP contribution in [0.25, 0.3) is 0 Å². The van der Waals surface area contributed by atoms with Gasteiger partial charge in [-0.2, -0.15) is 0 Å². The Kier molecular flexibility index (Phi) is 1.95. The maximum absolute atomic E-state index is 11.1. The van der Waals surface area contributed by atoms with Crippen molar-refractivity contribution in [2.24, 2.45) is 7.05 Å². The van der Waals surface area contributed by atoms with E-state index >= 15 is 0 Å². The van der Waals surface area contributed by atoms with E-state index in [-0.39, 0.29) is 10.9 Å². The van der Waals surface area contributed by atoms with Gasteiger partial charge >= 0.3 is 0 Å². The Balaban J connectivity index is 3.13. The molecule has 1 aromatic rings. The largest absolute Gasteiger partial charge is 0.266 e. The SMILES string of the molecule is CCS(=O)(=O)c1ncn(C)n1. The van der Waals surface area contributed by atoms with Gasteiger partial charge in [0.05, 0.1) is 5.75 Å². The van der Waals surface area contributed by atoms with Gasteiger partial charge in [0, 0.05) is 7.05 Å². The second-order valence-corrected chi connectivity index (χ2v) is 4.28. The molecule has 6 heteroatoms. The number of aryl methyl sites for hydroxylation is 1. The van der Waals surface area contributed by atoms with E-state index in [9.17, 15) is 8.42 Å². The highest BCUT2D eigenvalue weighted by atomic mass is 32.2. The smallest absolute Gasteiger partial charge is 0.255 e. The Labute approximate surface area is 65.0 Å². The first kappa shape index (κ1) is 8.19. The van der Waals surface area contributed by atoms with E-state index in [2.05, 4.69) is 10.1 Å². The summed E-state index contributed by atoms with van der Waals surface area (Å²) in [5, 5.41) is 3.58. The zero-order chi connectivity index (χ0) is 8.48. The standard InChI is InChI=1S/C5H9N3O2S/c1-3-11(9,10)5-6-4-8(2)7-5/h4H,3H2,1-2H3. The fourth-order valence-electron chi connectivity index (χ4n) is 0.591. The van der Waals surface area contributed by atoms with E-state index in [0.29, 0.717) is 0 Å². The topological polar surface area (TPSA) is 64.8 Å². The van der Waals surface area contributed by atoms with Crippen LogP contribution < -0.4 is 0 Å². The molecule has 0 bridgehead atoms. The van der Waals surface area contributed by atoms with Crippen molar-refractivity contribution in [1.82, 2.24) is 14.8 Å². The van der Waals surface area contributed by atoms with Gasteiger partial charge in [0.25, 0.3) is 5.16 Å². The van der Waals surface area contributed by atoms with Crippen molar-refractivity contribution in [3.63, 3.8) is 0 Å². The maximum atomic E-state index is 11.1. The molecular weight excluding hydrogens is 166 g/mol. The van der Waals surface area contributed by atoms with Crippen molar-refractivity contribution in [2.45, 2.75) is 12.1 Å². The lowest BCUT2D eigenvalue weighted by molar-refractivity contribution is 0.585. The van der Waals surface area contributed by atoms with Crippen molar-refractivity contribution < 1.29 is 8.42 Å². The maximum Gasteiger partial charge on any atom is 0.266 e. The summed E-state index contributed by atoms with van der Waals surface area (Å²) >= 11 is 0. The Morgan fingerprint density at radius 3 is 2.64 bits per heavy atom. The molecule has 1 rings (SSSR count). The third-order valence-electron chi connectivity index (χ3n) is 1.24. The number of hydrogen-bond acceptors (Lipinski definition) is 4. The van der Waals surface area contributed by atoms with Gasteiger partial charge in [0.2, 0.25) is 9.84 Å². The normalized spacial score (nSPS) is 11.8. The molecule has 0 unspecified atom stereocenters. The molecule has 0 spiro atoms. The minimum atomic E-state index is -3.22. The molecule has 0 aliphatic heterocycles. The first-order valence-corrected chi connectivity index (χ1v) is 4.80. The second-order valence-electron chi connectivity index (χ2n) is 2.10. The van der Waals surface area contributed by atoms with Crippen LogP contribution in [0.3, 0.4) is 0 Å². The van der Waals surface area contributed by atoms with Crippen molar-refractivity contribution >= 4 is 9.84 Å². The first-order chi connectivity index (χ1) is 5.06. The molecule has 1 aromatic heterocycles. The number of nitrogens with zero attached hydrogens (tertiary/aromatic N) is 3. The molecule has 0 aliphatic carbocycles. The molecule has 62 valence electrons. The van der Waals surface area contributed by atoms with E-state index in [4.69, 9.17) is 0 Å². The second kappa shape index (κ2) is 2.61. The lowest BCUT2D eigenvalue weighted by Crippen LogP contribution is -2.06. The molecule has 1 heterocycles. The monoisotopic (exact) mass is 175 g/mol. The molecule has 0 radical (unpaired) electrons. The number of rotatable bonds is 2. The molecule has 0 saturated heterocycles. The molecule has 0 amide bonds. The van der Waals surface area contributed by atoms with E-state index in [0.717, 1.165) is 0 Å². The highest BCUT2D eigenvalue weighted by Crippen LogP contribution is 2.01. The zero-order valence-electron chi connectivity index (χ0n) is 6.35.